The molecule has 142 valence electrons. The van der Waals surface area contributed by atoms with Crippen LogP contribution in [0.25, 0.3) is 22.8 Å². The van der Waals surface area contributed by atoms with Crippen LogP contribution < -0.4 is 4.74 Å². The van der Waals surface area contributed by atoms with Gasteiger partial charge in [-0.3, -0.25) is 0 Å². The van der Waals surface area contributed by atoms with E-state index in [-0.39, 0.29) is 18.1 Å². The van der Waals surface area contributed by atoms with Crippen molar-refractivity contribution in [2.45, 2.75) is 25.9 Å². The van der Waals surface area contributed by atoms with Crippen molar-refractivity contribution >= 4 is 11.6 Å². The monoisotopic (exact) mass is 396 g/mol. The van der Waals surface area contributed by atoms with E-state index in [0.717, 1.165) is 11.1 Å². The van der Waals surface area contributed by atoms with Crippen LogP contribution in [0.4, 0.5) is 13.2 Å². The Labute approximate surface area is 158 Å². The lowest BCUT2D eigenvalue weighted by atomic mass is 10.1. The minimum absolute atomic E-state index is 0.0712. The minimum atomic E-state index is -4.19. The molecule has 0 atom stereocenters. The van der Waals surface area contributed by atoms with E-state index in [4.69, 9.17) is 20.9 Å². The van der Waals surface area contributed by atoms with Crippen LogP contribution in [-0.4, -0.2) is 22.9 Å². The van der Waals surface area contributed by atoms with Crippen LogP contribution in [0.1, 0.15) is 18.4 Å². The van der Waals surface area contributed by atoms with Gasteiger partial charge in [0.25, 0.3) is 5.89 Å². The number of benzene rings is 2. The molecular weight excluding hydrogens is 381 g/mol. The average molecular weight is 397 g/mol. The van der Waals surface area contributed by atoms with E-state index in [1.165, 1.54) is 0 Å². The van der Waals surface area contributed by atoms with Crippen LogP contribution in [0, 0.1) is 6.92 Å². The molecule has 2 aromatic carbocycles. The third-order valence-corrected chi connectivity index (χ3v) is 4.15. The number of aromatic nitrogens is 2. The van der Waals surface area contributed by atoms with E-state index >= 15 is 0 Å². The molecule has 0 saturated heterocycles. The molecule has 0 saturated carbocycles. The smallest absolute Gasteiger partial charge is 0.389 e. The number of ether oxygens (including phenoxy) is 1. The molecule has 4 nitrogen and oxygen atoms in total. The van der Waals surface area contributed by atoms with E-state index < -0.39 is 12.6 Å². The van der Waals surface area contributed by atoms with Crippen molar-refractivity contribution in [3.05, 3.63) is 53.1 Å². The fourth-order valence-electron chi connectivity index (χ4n) is 2.47. The number of hydrogen-bond donors (Lipinski definition) is 0. The highest BCUT2D eigenvalue weighted by Crippen LogP contribution is 2.31. The Bertz CT molecular complexity index is 925. The zero-order chi connectivity index (χ0) is 19.4. The van der Waals surface area contributed by atoms with Gasteiger partial charge < -0.3 is 9.26 Å². The zero-order valence-electron chi connectivity index (χ0n) is 14.4. The molecule has 0 aliphatic heterocycles. The second-order valence-corrected chi connectivity index (χ2v) is 6.36. The molecule has 3 rings (SSSR count). The molecule has 0 aliphatic carbocycles. The number of aryl methyl sites for hydroxylation is 1. The Kier molecular flexibility index (Phi) is 5.70. The van der Waals surface area contributed by atoms with Gasteiger partial charge >= 0.3 is 6.18 Å². The Balaban J connectivity index is 1.70. The summed E-state index contributed by atoms with van der Waals surface area (Å²) in [7, 11) is 0. The second kappa shape index (κ2) is 8.00. The summed E-state index contributed by atoms with van der Waals surface area (Å²) in [5.41, 5.74) is 2.46. The molecule has 1 heterocycles. The van der Waals surface area contributed by atoms with Crippen LogP contribution in [0.5, 0.6) is 5.75 Å². The molecule has 0 bridgehead atoms. The van der Waals surface area contributed by atoms with E-state index in [9.17, 15) is 13.2 Å². The number of rotatable bonds is 6. The molecule has 0 spiro atoms. The van der Waals surface area contributed by atoms with Gasteiger partial charge in [-0.1, -0.05) is 35.0 Å². The molecule has 1 aromatic heterocycles. The summed E-state index contributed by atoms with van der Waals surface area (Å²) in [6, 6.07) is 12.5. The first-order valence-electron chi connectivity index (χ1n) is 8.23. The summed E-state index contributed by atoms with van der Waals surface area (Å²) in [6.07, 6.45) is -5.22. The van der Waals surface area contributed by atoms with Crippen LogP contribution in [-0.2, 0) is 0 Å². The van der Waals surface area contributed by atoms with Crippen LogP contribution >= 0.6 is 11.6 Å². The van der Waals surface area contributed by atoms with Gasteiger partial charge in [-0.2, -0.15) is 18.2 Å². The maximum atomic E-state index is 12.1. The Hall–Kier alpha value is -2.54. The molecule has 27 heavy (non-hydrogen) atoms. The lowest BCUT2D eigenvalue weighted by Crippen LogP contribution is -2.09. The van der Waals surface area contributed by atoms with Gasteiger partial charge in [-0.05, 0) is 43.2 Å². The molecule has 0 radical (unpaired) electrons. The van der Waals surface area contributed by atoms with E-state index in [0.29, 0.717) is 23.0 Å². The maximum Gasteiger partial charge on any atom is 0.389 e. The Morgan fingerprint density at radius 2 is 1.93 bits per heavy atom. The normalized spacial score (nSPS) is 11.6. The fourth-order valence-corrected chi connectivity index (χ4v) is 2.71. The predicted molar refractivity (Wildman–Crippen MR) is 95.7 cm³/mol. The summed E-state index contributed by atoms with van der Waals surface area (Å²) in [5.74, 6) is 1.07. The summed E-state index contributed by atoms with van der Waals surface area (Å²) in [4.78, 5) is 4.38. The van der Waals surface area contributed by atoms with Crippen LogP contribution in [0.2, 0.25) is 5.02 Å². The average Bonchev–Trinajstić information content (AvgIpc) is 3.09. The van der Waals surface area contributed by atoms with Crippen LogP contribution in [0.15, 0.2) is 47.0 Å². The summed E-state index contributed by atoms with van der Waals surface area (Å²) in [5, 5.41) is 4.23. The highest BCUT2D eigenvalue weighted by atomic mass is 35.5. The van der Waals surface area contributed by atoms with E-state index in [2.05, 4.69) is 10.1 Å². The molecule has 0 unspecified atom stereocenters. The molecule has 3 aromatic rings. The lowest BCUT2D eigenvalue weighted by molar-refractivity contribution is -0.136. The van der Waals surface area contributed by atoms with Gasteiger partial charge in [0.05, 0.1) is 11.6 Å². The minimum Gasteiger partial charge on any atom is -0.492 e. The summed E-state index contributed by atoms with van der Waals surface area (Å²) in [6.45, 7) is 1.87. The second-order valence-electron chi connectivity index (χ2n) is 5.95. The van der Waals surface area contributed by atoms with Crippen molar-refractivity contribution in [2.75, 3.05) is 6.61 Å². The number of hydrogen-bond acceptors (Lipinski definition) is 4. The quantitative estimate of drug-likeness (QED) is 0.473. The first kappa shape index (κ1) is 19.2. The van der Waals surface area contributed by atoms with Crippen molar-refractivity contribution < 1.29 is 22.4 Å². The topological polar surface area (TPSA) is 48.2 Å². The van der Waals surface area contributed by atoms with Crippen LogP contribution in [0.3, 0.4) is 0 Å². The van der Waals surface area contributed by atoms with Crippen molar-refractivity contribution in [3.63, 3.8) is 0 Å². The largest absolute Gasteiger partial charge is 0.492 e. The Morgan fingerprint density at radius 1 is 1.15 bits per heavy atom. The van der Waals surface area contributed by atoms with E-state index in [1.807, 2.05) is 31.2 Å². The van der Waals surface area contributed by atoms with Gasteiger partial charge in [0.15, 0.2) is 0 Å². The third-order valence-electron chi connectivity index (χ3n) is 3.85. The highest BCUT2D eigenvalue weighted by molar-refractivity contribution is 6.32. The van der Waals surface area contributed by atoms with Gasteiger partial charge in [0.1, 0.15) is 5.75 Å². The molecule has 0 amide bonds. The Morgan fingerprint density at radius 3 is 2.63 bits per heavy atom. The first-order valence-corrected chi connectivity index (χ1v) is 8.60. The van der Waals surface area contributed by atoms with Crippen molar-refractivity contribution in [1.82, 2.24) is 10.1 Å². The van der Waals surface area contributed by atoms with Gasteiger partial charge in [0.2, 0.25) is 5.82 Å². The molecular formula is C19H16ClF3N2O2. The number of halogens is 4. The summed E-state index contributed by atoms with van der Waals surface area (Å²) < 4.78 is 47.1. The fraction of sp³-hybridized carbons (Fsp3) is 0.263. The standard InChI is InChI=1S/C19H16ClF3N2O2/c1-12-5-2-3-6-14(12)18-24-17(25-27-18)13-7-8-16(15(20)11-13)26-10-4-9-19(21,22)23/h2-3,5-8,11H,4,9-10H2,1H3. The zero-order valence-corrected chi connectivity index (χ0v) is 15.1. The SMILES string of the molecule is Cc1ccccc1-c1nc(-c2ccc(OCCCC(F)(F)F)c(Cl)c2)no1. The summed E-state index contributed by atoms with van der Waals surface area (Å²) >= 11 is 6.16. The van der Waals surface area contributed by atoms with Crippen molar-refractivity contribution in [3.8, 4) is 28.6 Å². The van der Waals surface area contributed by atoms with E-state index in [1.54, 1.807) is 18.2 Å². The lowest BCUT2D eigenvalue weighted by Gasteiger charge is -2.10. The van der Waals surface area contributed by atoms with Gasteiger partial charge in [0, 0.05) is 17.5 Å². The van der Waals surface area contributed by atoms with Gasteiger partial charge in [-0.15, -0.1) is 0 Å². The molecule has 0 N–H and O–H groups in total. The van der Waals surface area contributed by atoms with Gasteiger partial charge in [-0.25, -0.2) is 0 Å². The predicted octanol–water partition coefficient (Wildman–Crippen LogP) is 6.09. The highest BCUT2D eigenvalue weighted by Gasteiger charge is 2.26. The molecule has 0 fully saturated rings. The first-order chi connectivity index (χ1) is 12.8. The molecule has 8 heteroatoms. The number of alkyl halides is 3. The molecule has 0 aliphatic rings. The van der Waals surface area contributed by atoms with Crippen molar-refractivity contribution in [2.24, 2.45) is 0 Å². The maximum absolute atomic E-state index is 12.1. The third kappa shape index (κ3) is 5.01. The number of nitrogens with zero attached hydrogens (tertiary/aromatic N) is 2. The van der Waals surface area contributed by atoms with Crippen molar-refractivity contribution in [1.29, 1.82) is 0 Å².